The van der Waals surface area contributed by atoms with Crippen LogP contribution in [-0.2, 0) is 9.59 Å². The molecule has 1 saturated heterocycles. The Morgan fingerprint density at radius 3 is 2.33 bits per heavy atom. The molecule has 0 aliphatic carbocycles. The summed E-state index contributed by atoms with van der Waals surface area (Å²) >= 11 is 0. The standard InChI is InChI=1S/C22H29N5O3/c1-5-12-22(13-6-2)20(29)26(21(30)24-22)14-18(28)23-19-15(3)25-27(16(19)4)17-10-8-7-9-11-17/h7-11H,5-6,12-14H2,1-4H3,(H,23,28)(H,24,30). The number of imide groups is 1. The number of benzene rings is 1. The van der Waals surface area contributed by atoms with E-state index in [1.807, 2.05) is 58.0 Å². The van der Waals surface area contributed by atoms with Crippen LogP contribution >= 0.6 is 0 Å². The molecule has 8 nitrogen and oxygen atoms in total. The largest absolute Gasteiger partial charge is 0.325 e. The van der Waals surface area contributed by atoms with Gasteiger partial charge < -0.3 is 10.6 Å². The predicted molar refractivity (Wildman–Crippen MR) is 114 cm³/mol. The molecule has 0 radical (unpaired) electrons. The van der Waals surface area contributed by atoms with Crippen LogP contribution < -0.4 is 10.6 Å². The molecule has 0 saturated carbocycles. The third kappa shape index (κ3) is 3.94. The summed E-state index contributed by atoms with van der Waals surface area (Å²) in [6, 6.07) is 9.11. The van der Waals surface area contributed by atoms with Crippen LogP contribution in [0.1, 0.15) is 50.9 Å². The molecule has 2 aromatic rings. The molecular formula is C22H29N5O3. The molecule has 3 rings (SSSR count). The molecule has 2 heterocycles. The monoisotopic (exact) mass is 411 g/mol. The van der Waals surface area contributed by atoms with Crippen molar-refractivity contribution >= 4 is 23.5 Å². The number of amides is 4. The minimum atomic E-state index is -0.898. The highest BCUT2D eigenvalue weighted by Gasteiger charge is 2.50. The van der Waals surface area contributed by atoms with Gasteiger partial charge in [0.1, 0.15) is 12.1 Å². The Hall–Kier alpha value is -3.16. The van der Waals surface area contributed by atoms with Crippen molar-refractivity contribution in [1.82, 2.24) is 20.0 Å². The van der Waals surface area contributed by atoms with Gasteiger partial charge in [-0.3, -0.25) is 14.5 Å². The molecule has 30 heavy (non-hydrogen) atoms. The highest BCUT2D eigenvalue weighted by molar-refractivity contribution is 6.10. The fraction of sp³-hybridized carbons (Fsp3) is 0.455. The highest BCUT2D eigenvalue weighted by atomic mass is 16.2. The van der Waals surface area contributed by atoms with Gasteiger partial charge in [-0.15, -0.1) is 0 Å². The fourth-order valence-electron chi connectivity index (χ4n) is 4.10. The van der Waals surface area contributed by atoms with Gasteiger partial charge in [0.05, 0.1) is 22.8 Å². The summed E-state index contributed by atoms with van der Waals surface area (Å²) in [6.07, 6.45) is 2.66. The summed E-state index contributed by atoms with van der Waals surface area (Å²) in [4.78, 5) is 39.2. The number of carbonyl (C=O) groups excluding carboxylic acids is 3. The summed E-state index contributed by atoms with van der Waals surface area (Å²) in [5.74, 6) is -0.749. The zero-order valence-corrected chi connectivity index (χ0v) is 18.0. The lowest BCUT2D eigenvalue weighted by atomic mass is 9.88. The van der Waals surface area contributed by atoms with Crippen molar-refractivity contribution < 1.29 is 14.4 Å². The van der Waals surface area contributed by atoms with Crippen LogP contribution in [0, 0.1) is 13.8 Å². The Kier molecular flexibility index (Phi) is 6.24. The molecule has 1 aliphatic rings. The summed E-state index contributed by atoms with van der Waals surface area (Å²) in [5, 5.41) is 10.2. The van der Waals surface area contributed by atoms with Crippen molar-refractivity contribution in [2.45, 2.75) is 58.9 Å². The second kappa shape index (κ2) is 8.69. The first kappa shape index (κ1) is 21.5. The van der Waals surface area contributed by atoms with Gasteiger partial charge in [-0.2, -0.15) is 5.10 Å². The van der Waals surface area contributed by atoms with Crippen molar-refractivity contribution in [2.75, 3.05) is 11.9 Å². The highest BCUT2D eigenvalue weighted by Crippen LogP contribution is 2.28. The average molecular weight is 412 g/mol. The molecule has 0 unspecified atom stereocenters. The Morgan fingerprint density at radius 1 is 1.10 bits per heavy atom. The van der Waals surface area contributed by atoms with E-state index in [4.69, 9.17) is 0 Å². The van der Waals surface area contributed by atoms with Crippen LogP contribution in [0.5, 0.6) is 0 Å². The van der Waals surface area contributed by atoms with Gasteiger partial charge in [-0.25, -0.2) is 9.48 Å². The molecule has 4 amide bonds. The topological polar surface area (TPSA) is 96.3 Å². The zero-order valence-electron chi connectivity index (χ0n) is 18.0. The maximum atomic E-state index is 13.0. The number of rotatable bonds is 8. The van der Waals surface area contributed by atoms with E-state index in [0.717, 1.165) is 29.1 Å². The van der Waals surface area contributed by atoms with E-state index in [9.17, 15) is 14.4 Å². The second-order valence-electron chi connectivity index (χ2n) is 7.74. The minimum Gasteiger partial charge on any atom is -0.323 e. The van der Waals surface area contributed by atoms with E-state index in [2.05, 4.69) is 15.7 Å². The maximum Gasteiger partial charge on any atom is 0.325 e. The second-order valence-corrected chi connectivity index (χ2v) is 7.74. The number of anilines is 1. The van der Waals surface area contributed by atoms with E-state index in [-0.39, 0.29) is 12.5 Å². The van der Waals surface area contributed by atoms with E-state index in [1.54, 1.807) is 4.68 Å². The third-order valence-corrected chi connectivity index (χ3v) is 5.46. The quantitative estimate of drug-likeness (QED) is 0.651. The SMILES string of the molecule is CCCC1(CCC)NC(=O)N(CC(=O)Nc2c(C)nn(-c3ccccc3)c2C)C1=O. The number of para-hydroxylation sites is 1. The van der Waals surface area contributed by atoms with Crippen molar-refractivity contribution in [3.8, 4) is 5.69 Å². The molecule has 0 atom stereocenters. The summed E-state index contributed by atoms with van der Waals surface area (Å²) in [6.45, 7) is 7.30. The van der Waals surface area contributed by atoms with Crippen LogP contribution in [0.2, 0.25) is 0 Å². The lowest BCUT2D eigenvalue weighted by molar-refractivity contribution is -0.134. The smallest absolute Gasteiger partial charge is 0.323 e. The first-order chi connectivity index (χ1) is 14.3. The molecule has 1 fully saturated rings. The van der Waals surface area contributed by atoms with Gasteiger partial charge in [0.15, 0.2) is 0 Å². The number of hydrogen-bond donors (Lipinski definition) is 2. The van der Waals surface area contributed by atoms with Crippen LogP contribution in [0.25, 0.3) is 5.69 Å². The molecule has 160 valence electrons. The Balaban J connectivity index is 1.76. The van der Waals surface area contributed by atoms with Gasteiger partial charge in [0, 0.05) is 0 Å². The first-order valence-corrected chi connectivity index (χ1v) is 10.4. The lowest BCUT2D eigenvalue weighted by Gasteiger charge is -2.25. The van der Waals surface area contributed by atoms with Gasteiger partial charge in [-0.05, 0) is 38.8 Å². The number of carbonyl (C=O) groups is 3. The summed E-state index contributed by atoms with van der Waals surface area (Å²) in [5.41, 5.74) is 2.01. The van der Waals surface area contributed by atoms with E-state index < -0.39 is 17.5 Å². The number of hydrogen-bond acceptors (Lipinski definition) is 4. The summed E-state index contributed by atoms with van der Waals surface area (Å²) < 4.78 is 1.76. The zero-order chi connectivity index (χ0) is 21.9. The van der Waals surface area contributed by atoms with Gasteiger partial charge in [-0.1, -0.05) is 44.9 Å². The number of nitrogens with zero attached hydrogens (tertiary/aromatic N) is 3. The van der Waals surface area contributed by atoms with E-state index >= 15 is 0 Å². The first-order valence-electron chi connectivity index (χ1n) is 10.4. The number of aromatic nitrogens is 2. The molecule has 0 spiro atoms. The van der Waals surface area contributed by atoms with E-state index in [1.165, 1.54) is 0 Å². The molecule has 1 aliphatic heterocycles. The van der Waals surface area contributed by atoms with Gasteiger partial charge in [0.25, 0.3) is 5.91 Å². The van der Waals surface area contributed by atoms with Crippen LogP contribution in [-0.4, -0.2) is 44.6 Å². The number of urea groups is 1. The lowest BCUT2D eigenvalue weighted by Crippen LogP contribution is -2.47. The van der Waals surface area contributed by atoms with Crippen molar-refractivity contribution in [3.05, 3.63) is 41.7 Å². The predicted octanol–water partition coefficient (Wildman–Crippen LogP) is 3.32. The maximum absolute atomic E-state index is 13.0. The molecular weight excluding hydrogens is 382 g/mol. The minimum absolute atomic E-state index is 0.320. The molecule has 0 bridgehead atoms. The van der Waals surface area contributed by atoms with Crippen molar-refractivity contribution in [1.29, 1.82) is 0 Å². The van der Waals surface area contributed by atoms with Gasteiger partial charge in [0.2, 0.25) is 5.91 Å². The Labute approximate surface area is 176 Å². The average Bonchev–Trinajstić information content (AvgIpc) is 3.12. The molecule has 8 heteroatoms. The number of nitrogens with one attached hydrogen (secondary N) is 2. The van der Waals surface area contributed by atoms with Crippen LogP contribution in [0.15, 0.2) is 30.3 Å². The summed E-state index contributed by atoms with van der Waals surface area (Å²) in [7, 11) is 0. The normalized spacial score (nSPS) is 15.4. The Bertz CT molecular complexity index is 945. The molecule has 1 aromatic carbocycles. The van der Waals surface area contributed by atoms with Crippen LogP contribution in [0.3, 0.4) is 0 Å². The van der Waals surface area contributed by atoms with Crippen molar-refractivity contribution in [2.24, 2.45) is 0 Å². The van der Waals surface area contributed by atoms with Gasteiger partial charge >= 0.3 is 6.03 Å². The van der Waals surface area contributed by atoms with Crippen LogP contribution in [0.4, 0.5) is 10.5 Å². The van der Waals surface area contributed by atoms with E-state index in [0.29, 0.717) is 24.2 Å². The van der Waals surface area contributed by atoms with Crippen molar-refractivity contribution in [3.63, 3.8) is 0 Å². The molecule has 1 aromatic heterocycles. The Morgan fingerprint density at radius 2 is 1.73 bits per heavy atom. The molecule has 2 N–H and O–H groups in total. The number of aryl methyl sites for hydroxylation is 1. The third-order valence-electron chi connectivity index (χ3n) is 5.46. The fourth-order valence-corrected chi connectivity index (χ4v) is 4.10.